The lowest BCUT2D eigenvalue weighted by Crippen LogP contribution is -2.11. The van der Waals surface area contributed by atoms with Gasteiger partial charge in [-0.1, -0.05) is 17.7 Å². The summed E-state index contributed by atoms with van der Waals surface area (Å²) in [5.41, 5.74) is 1.88. The second-order valence-electron chi connectivity index (χ2n) is 5.00. The molecule has 1 aromatic carbocycles. The Kier molecular flexibility index (Phi) is 4.77. The molecular weight excluding hydrogens is 300 g/mol. The minimum absolute atomic E-state index is 0.0358. The fourth-order valence-electron chi connectivity index (χ4n) is 1.68. The van der Waals surface area contributed by atoms with E-state index < -0.39 is 10.0 Å². The summed E-state index contributed by atoms with van der Waals surface area (Å²) < 4.78 is 28.2. The number of sulfonamides is 1. The van der Waals surface area contributed by atoms with E-state index in [0.29, 0.717) is 0 Å². The minimum atomic E-state index is -3.81. The van der Waals surface area contributed by atoms with Crippen LogP contribution in [0.25, 0.3) is 0 Å². The molecule has 0 saturated heterocycles. The van der Waals surface area contributed by atoms with E-state index >= 15 is 0 Å². The standard InChI is InChI=1S/C15H18N4O2S/c1-12-6-8-13(9-7-12)18-15-14(5-4-10-16-15)22(20,21)17-11-19(2)3/h4-11H,1-3H3,(H,16,18). The second kappa shape index (κ2) is 6.57. The molecule has 2 aromatic rings. The molecule has 0 saturated carbocycles. The molecule has 0 unspecified atom stereocenters. The summed E-state index contributed by atoms with van der Waals surface area (Å²) in [7, 11) is -0.407. The van der Waals surface area contributed by atoms with Crippen LogP contribution in [0.2, 0.25) is 0 Å². The highest BCUT2D eigenvalue weighted by Crippen LogP contribution is 2.24. The Hall–Kier alpha value is -2.41. The van der Waals surface area contributed by atoms with Gasteiger partial charge in [-0.2, -0.15) is 8.42 Å². The van der Waals surface area contributed by atoms with Crippen LogP contribution in [0, 0.1) is 6.92 Å². The highest BCUT2D eigenvalue weighted by atomic mass is 32.2. The predicted octanol–water partition coefficient (Wildman–Crippen LogP) is 2.41. The number of nitrogens with one attached hydrogen (secondary N) is 1. The van der Waals surface area contributed by atoms with E-state index in [1.807, 2.05) is 31.2 Å². The normalized spacial score (nSPS) is 11.6. The van der Waals surface area contributed by atoms with E-state index in [-0.39, 0.29) is 10.7 Å². The molecule has 2 rings (SSSR count). The molecule has 0 bridgehead atoms. The number of benzene rings is 1. The number of aryl methyl sites for hydroxylation is 1. The molecule has 0 fully saturated rings. The van der Waals surface area contributed by atoms with E-state index in [1.165, 1.54) is 18.6 Å². The summed E-state index contributed by atoms with van der Waals surface area (Å²) in [5.74, 6) is 0.252. The summed E-state index contributed by atoms with van der Waals surface area (Å²) in [6.07, 6.45) is 2.78. The van der Waals surface area contributed by atoms with E-state index in [0.717, 1.165) is 11.3 Å². The summed E-state index contributed by atoms with van der Waals surface area (Å²) in [5, 5.41) is 3.02. The smallest absolute Gasteiger partial charge is 0.287 e. The topological polar surface area (TPSA) is 74.7 Å². The van der Waals surface area contributed by atoms with Gasteiger partial charge in [-0.05, 0) is 31.2 Å². The highest BCUT2D eigenvalue weighted by molar-refractivity contribution is 7.90. The van der Waals surface area contributed by atoms with Gasteiger partial charge in [-0.3, -0.25) is 0 Å². The van der Waals surface area contributed by atoms with Gasteiger partial charge in [0.15, 0.2) is 5.82 Å². The fraction of sp³-hybridized carbons (Fsp3) is 0.200. The predicted molar refractivity (Wildman–Crippen MR) is 88.1 cm³/mol. The van der Waals surface area contributed by atoms with Gasteiger partial charge in [0.2, 0.25) is 0 Å². The molecule has 1 N–H and O–H groups in total. The average molecular weight is 318 g/mol. The number of hydrogen-bond donors (Lipinski definition) is 1. The Bertz CT molecular complexity index is 768. The van der Waals surface area contributed by atoms with Crippen molar-refractivity contribution in [1.29, 1.82) is 0 Å². The number of aromatic nitrogens is 1. The highest BCUT2D eigenvalue weighted by Gasteiger charge is 2.18. The van der Waals surface area contributed by atoms with Gasteiger partial charge in [-0.15, -0.1) is 4.40 Å². The zero-order valence-electron chi connectivity index (χ0n) is 12.7. The van der Waals surface area contributed by atoms with Crippen molar-refractivity contribution in [3.63, 3.8) is 0 Å². The van der Waals surface area contributed by atoms with Crippen molar-refractivity contribution >= 4 is 27.9 Å². The molecule has 0 spiro atoms. The zero-order chi connectivity index (χ0) is 16.2. The molecule has 7 heteroatoms. The maximum absolute atomic E-state index is 12.3. The van der Waals surface area contributed by atoms with Gasteiger partial charge in [0, 0.05) is 26.0 Å². The van der Waals surface area contributed by atoms with Crippen molar-refractivity contribution in [3.8, 4) is 0 Å². The van der Waals surface area contributed by atoms with E-state index in [4.69, 9.17) is 0 Å². The number of pyridine rings is 1. The van der Waals surface area contributed by atoms with Crippen molar-refractivity contribution in [2.45, 2.75) is 11.8 Å². The SMILES string of the molecule is Cc1ccc(Nc2ncccc2S(=O)(=O)N=CN(C)C)cc1. The first-order valence-electron chi connectivity index (χ1n) is 6.64. The van der Waals surface area contributed by atoms with Crippen LogP contribution in [-0.2, 0) is 10.0 Å². The van der Waals surface area contributed by atoms with Crippen LogP contribution in [0.3, 0.4) is 0 Å². The third kappa shape index (κ3) is 4.05. The number of nitrogens with zero attached hydrogens (tertiary/aromatic N) is 3. The molecule has 6 nitrogen and oxygen atoms in total. The van der Waals surface area contributed by atoms with Crippen LogP contribution in [0.1, 0.15) is 5.56 Å². The average Bonchev–Trinajstić information content (AvgIpc) is 2.48. The third-order valence-electron chi connectivity index (χ3n) is 2.78. The van der Waals surface area contributed by atoms with Gasteiger partial charge in [0.25, 0.3) is 10.0 Å². The summed E-state index contributed by atoms with van der Waals surface area (Å²) in [6, 6.07) is 10.6. The number of rotatable bonds is 5. The number of hydrogen-bond acceptors (Lipinski definition) is 4. The monoisotopic (exact) mass is 318 g/mol. The number of anilines is 2. The Balaban J connectivity index is 2.36. The van der Waals surface area contributed by atoms with E-state index in [2.05, 4.69) is 14.7 Å². The zero-order valence-corrected chi connectivity index (χ0v) is 13.5. The van der Waals surface area contributed by atoms with E-state index in [9.17, 15) is 8.42 Å². The van der Waals surface area contributed by atoms with Crippen molar-refractivity contribution in [2.75, 3.05) is 19.4 Å². The van der Waals surface area contributed by atoms with Crippen LogP contribution >= 0.6 is 0 Å². The lowest BCUT2D eigenvalue weighted by Gasteiger charge is -2.10. The van der Waals surface area contributed by atoms with Gasteiger partial charge < -0.3 is 10.2 Å². The molecule has 0 radical (unpaired) electrons. The van der Waals surface area contributed by atoms with Crippen molar-refractivity contribution < 1.29 is 8.42 Å². The molecule has 0 aliphatic heterocycles. The Morgan fingerprint density at radius 1 is 1.18 bits per heavy atom. The molecule has 22 heavy (non-hydrogen) atoms. The molecule has 0 aliphatic carbocycles. The summed E-state index contributed by atoms with van der Waals surface area (Å²) >= 11 is 0. The largest absolute Gasteiger partial charge is 0.368 e. The molecule has 1 heterocycles. The quantitative estimate of drug-likeness (QED) is 0.677. The molecule has 0 aliphatic rings. The maximum atomic E-state index is 12.3. The minimum Gasteiger partial charge on any atom is -0.368 e. The first kappa shape index (κ1) is 16.0. The third-order valence-corrected chi connectivity index (χ3v) is 4.04. The van der Waals surface area contributed by atoms with Crippen LogP contribution in [0.5, 0.6) is 0 Å². The van der Waals surface area contributed by atoms with Crippen LogP contribution in [0.4, 0.5) is 11.5 Å². The van der Waals surface area contributed by atoms with Crippen molar-refractivity contribution in [1.82, 2.24) is 9.88 Å². The maximum Gasteiger partial charge on any atom is 0.287 e. The molecule has 0 atom stereocenters. The van der Waals surface area contributed by atoms with Crippen molar-refractivity contribution in [2.24, 2.45) is 4.40 Å². The summed E-state index contributed by atoms with van der Waals surface area (Å²) in [6.45, 7) is 1.98. The fourth-order valence-corrected chi connectivity index (χ4v) is 2.70. The van der Waals surface area contributed by atoms with Gasteiger partial charge >= 0.3 is 0 Å². The molecule has 1 aromatic heterocycles. The van der Waals surface area contributed by atoms with Gasteiger partial charge in [-0.25, -0.2) is 4.98 Å². The lowest BCUT2D eigenvalue weighted by molar-refractivity contribution is 0.595. The molecular formula is C15H18N4O2S. The molecule has 0 amide bonds. The van der Waals surface area contributed by atoms with Crippen LogP contribution < -0.4 is 5.32 Å². The Morgan fingerprint density at radius 3 is 2.50 bits per heavy atom. The first-order chi connectivity index (χ1) is 10.4. The van der Waals surface area contributed by atoms with Crippen molar-refractivity contribution in [3.05, 3.63) is 48.2 Å². The molecule has 116 valence electrons. The Morgan fingerprint density at radius 2 is 1.86 bits per heavy atom. The Labute approximate surface area is 130 Å². The second-order valence-corrected chi connectivity index (χ2v) is 6.60. The van der Waals surface area contributed by atoms with Crippen LogP contribution in [-0.4, -0.2) is 38.7 Å². The first-order valence-corrected chi connectivity index (χ1v) is 8.08. The van der Waals surface area contributed by atoms with Gasteiger partial charge in [0.05, 0.1) is 0 Å². The van der Waals surface area contributed by atoms with Crippen LogP contribution in [0.15, 0.2) is 51.9 Å². The van der Waals surface area contributed by atoms with Gasteiger partial charge in [0.1, 0.15) is 11.2 Å². The lowest BCUT2D eigenvalue weighted by atomic mass is 10.2. The van der Waals surface area contributed by atoms with E-state index in [1.54, 1.807) is 25.1 Å². The summed E-state index contributed by atoms with van der Waals surface area (Å²) in [4.78, 5) is 5.70.